The molecule has 0 fully saturated rings. The maximum absolute atomic E-state index is 11.7. The normalized spacial score (nSPS) is 18.1. The van der Waals surface area contributed by atoms with E-state index in [0.29, 0.717) is 0 Å². The first kappa shape index (κ1) is 12.9. The average molecular weight is 271 g/mol. The van der Waals surface area contributed by atoms with Crippen LogP contribution in [0.3, 0.4) is 0 Å². The highest BCUT2D eigenvalue weighted by molar-refractivity contribution is 7.80. The first-order valence-corrected chi connectivity index (χ1v) is 7.68. The van der Waals surface area contributed by atoms with E-state index >= 15 is 0 Å². The summed E-state index contributed by atoms with van der Waals surface area (Å²) >= 11 is 5.31. The molecule has 0 aliphatic rings. The van der Waals surface area contributed by atoms with Gasteiger partial charge >= 0.3 is 7.60 Å². The summed E-state index contributed by atoms with van der Waals surface area (Å²) in [4.78, 5) is 24.9. The van der Waals surface area contributed by atoms with Gasteiger partial charge in [0.05, 0.1) is 0 Å². The molecule has 1 aromatic rings. The van der Waals surface area contributed by atoms with Gasteiger partial charge in [0.1, 0.15) is 0 Å². The van der Waals surface area contributed by atoms with Crippen molar-refractivity contribution in [3.63, 3.8) is 0 Å². The summed E-state index contributed by atoms with van der Waals surface area (Å²) in [7, 11) is -9.05. The Morgan fingerprint density at radius 3 is 1.93 bits per heavy atom. The molecule has 0 saturated heterocycles. The number of hydrogen-bond acceptors (Lipinski definition) is 2. The SMILES string of the molecule is O=P(O)(O)[C@H](Cl)P(=O)(O)c1ccccc1. The number of halogens is 1. The highest BCUT2D eigenvalue weighted by Crippen LogP contribution is 2.63. The molecule has 0 aliphatic heterocycles. The second-order valence-corrected chi connectivity index (χ2v) is 8.28. The van der Waals surface area contributed by atoms with E-state index in [1.807, 2.05) is 0 Å². The van der Waals surface area contributed by atoms with Crippen LogP contribution in [0.1, 0.15) is 0 Å². The van der Waals surface area contributed by atoms with E-state index in [1.54, 1.807) is 6.07 Å². The van der Waals surface area contributed by atoms with Crippen molar-refractivity contribution in [3.8, 4) is 0 Å². The Hall–Kier alpha value is -0.150. The standard InChI is InChI=1S/C7H9ClO5P2/c8-7(15(11,12)13)14(9,10)6-4-2-1-3-5-6/h1-5,7H,(H,9,10)(H2,11,12,13)/t7-/m1/s1. The molecule has 0 amide bonds. The summed E-state index contributed by atoms with van der Waals surface area (Å²) in [5.41, 5.74) is 0. The molecule has 0 heterocycles. The van der Waals surface area contributed by atoms with Crippen molar-refractivity contribution in [2.75, 3.05) is 0 Å². The Labute approximate surface area is 91.3 Å². The van der Waals surface area contributed by atoms with Gasteiger partial charge in [-0.25, -0.2) is 0 Å². The summed E-state index contributed by atoms with van der Waals surface area (Å²) in [5.74, 6) is 0. The molecule has 5 nitrogen and oxygen atoms in total. The van der Waals surface area contributed by atoms with Crippen molar-refractivity contribution in [1.82, 2.24) is 0 Å². The molecule has 0 spiro atoms. The minimum atomic E-state index is -4.79. The summed E-state index contributed by atoms with van der Waals surface area (Å²) in [6.45, 7) is 0. The highest BCUT2D eigenvalue weighted by atomic mass is 35.5. The lowest BCUT2D eigenvalue weighted by Crippen LogP contribution is -2.12. The average Bonchev–Trinajstić information content (AvgIpc) is 2.16. The molecule has 0 bridgehead atoms. The lowest BCUT2D eigenvalue weighted by molar-refractivity contribution is 0.373. The molecule has 0 saturated carbocycles. The van der Waals surface area contributed by atoms with Crippen molar-refractivity contribution in [2.24, 2.45) is 0 Å². The van der Waals surface area contributed by atoms with Crippen LogP contribution in [-0.2, 0) is 9.13 Å². The minimum Gasteiger partial charge on any atom is -0.340 e. The van der Waals surface area contributed by atoms with Gasteiger partial charge < -0.3 is 14.7 Å². The molecule has 1 unspecified atom stereocenters. The van der Waals surface area contributed by atoms with Gasteiger partial charge in [-0.15, -0.1) is 0 Å². The molecule has 8 heteroatoms. The van der Waals surface area contributed by atoms with Crippen LogP contribution in [0.15, 0.2) is 30.3 Å². The summed E-state index contributed by atoms with van der Waals surface area (Å²) in [5, 5.41) is -0.0756. The lowest BCUT2D eigenvalue weighted by atomic mass is 10.4. The van der Waals surface area contributed by atoms with Crippen LogP contribution in [0.4, 0.5) is 0 Å². The fraction of sp³-hybridized carbons (Fsp3) is 0.143. The van der Waals surface area contributed by atoms with E-state index in [1.165, 1.54) is 24.3 Å². The predicted octanol–water partition coefficient (Wildman–Crippen LogP) is 1.28. The van der Waals surface area contributed by atoms with Gasteiger partial charge in [0.2, 0.25) is 4.86 Å². The van der Waals surface area contributed by atoms with Crippen LogP contribution in [0, 0.1) is 0 Å². The van der Waals surface area contributed by atoms with Crippen LogP contribution in [0.25, 0.3) is 0 Å². The Bertz CT molecular complexity index is 428. The van der Waals surface area contributed by atoms with Crippen LogP contribution >= 0.6 is 26.6 Å². The fourth-order valence-electron chi connectivity index (χ4n) is 0.968. The van der Waals surface area contributed by atoms with Gasteiger partial charge in [-0.05, 0) is 12.1 Å². The van der Waals surface area contributed by atoms with Crippen molar-refractivity contribution < 1.29 is 23.8 Å². The largest absolute Gasteiger partial charge is 0.353 e. The van der Waals surface area contributed by atoms with Gasteiger partial charge in [0.15, 0.2) is 0 Å². The minimum absolute atomic E-state index is 0.0756. The number of alkyl halides is 1. The lowest BCUT2D eigenvalue weighted by Gasteiger charge is -2.18. The molecule has 15 heavy (non-hydrogen) atoms. The quantitative estimate of drug-likeness (QED) is 0.568. The second-order valence-electron chi connectivity index (χ2n) is 2.86. The zero-order valence-corrected chi connectivity index (χ0v) is 9.94. The molecule has 0 aromatic heterocycles. The Kier molecular flexibility index (Phi) is 3.77. The van der Waals surface area contributed by atoms with Gasteiger partial charge in [-0.3, -0.25) is 9.13 Å². The molecule has 0 aliphatic carbocycles. The fourth-order valence-corrected chi connectivity index (χ4v) is 4.18. The Balaban J connectivity index is 3.15. The zero-order chi connectivity index (χ0) is 11.7. The summed E-state index contributed by atoms with van der Waals surface area (Å²) in [6.07, 6.45) is 0. The van der Waals surface area contributed by atoms with Gasteiger partial charge in [-0.2, -0.15) is 0 Å². The maximum Gasteiger partial charge on any atom is 0.353 e. The van der Waals surface area contributed by atoms with Crippen LogP contribution in [-0.4, -0.2) is 19.5 Å². The summed E-state index contributed by atoms with van der Waals surface area (Å²) < 4.78 is 22.5. The predicted molar refractivity (Wildman–Crippen MR) is 57.6 cm³/mol. The Morgan fingerprint density at radius 2 is 1.53 bits per heavy atom. The molecular weight excluding hydrogens is 261 g/mol. The molecule has 0 radical (unpaired) electrons. The molecule has 1 aromatic carbocycles. The summed E-state index contributed by atoms with van der Waals surface area (Å²) in [6, 6.07) is 7.19. The zero-order valence-electron chi connectivity index (χ0n) is 7.39. The molecule has 3 N–H and O–H groups in total. The second kappa shape index (κ2) is 4.38. The number of rotatable bonds is 3. The van der Waals surface area contributed by atoms with Gasteiger partial charge in [-0.1, -0.05) is 29.8 Å². The monoisotopic (exact) mass is 270 g/mol. The van der Waals surface area contributed by atoms with Gasteiger partial charge in [0.25, 0.3) is 7.37 Å². The first-order chi connectivity index (χ1) is 6.76. The molecule has 1 rings (SSSR count). The molecule has 84 valence electrons. The third kappa shape index (κ3) is 2.91. The number of benzene rings is 1. The van der Waals surface area contributed by atoms with Gasteiger partial charge in [0, 0.05) is 5.30 Å². The van der Waals surface area contributed by atoms with Crippen LogP contribution in [0.2, 0.25) is 0 Å². The molecular formula is C7H9ClO5P2. The topological polar surface area (TPSA) is 94.8 Å². The van der Waals surface area contributed by atoms with E-state index in [4.69, 9.17) is 21.4 Å². The maximum atomic E-state index is 11.7. The van der Waals surface area contributed by atoms with Crippen molar-refractivity contribution in [1.29, 1.82) is 0 Å². The third-order valence-electron chi connectivity index (χ3n) is 1.69. The third-order valence-corrected chi connectivity index (χ3v) is 7.26. The van der Waals surface area contributed by atoms with Crippen LogP contribution < -0.4 is 5.30 Å². The number of hydrogen-bond donors (Lipinski definition) is 3. The smallest absolute Gasteiger partial charge is 0.340 e. The van der Waals surface area contributed by atoms with E-state index in [9.17, 15) is 14.0 Å². The van der Waals surface area contributed by atoms with Crippen molar-refractivity contribution in [2.45, 2.75) is 4.86 Å². The highest BCUT2D eigenvalue weighted by Gasteiger charge is 2.43. The molecule has 2 atom stereocenters. The Morgan fingerprint density at radius 1 is 1.07 bits per heavy atom. The van der Waals surface area contributed by atoms with Crippen LogP contribution in [0.5, 0.6) is 0 Å². The van der Waals surface area contributed by atoms with E-state index in [-0.39, 0.29) is 5.30 Å². The van der Waals surface area contributed by atoms with E-state index in [2.05, 4.69) is 0 Å². The van der Waals surface area contributed by atoms with Crippen molar-refractivity contribution >= 4 is 31.9 Å². The van der Waals surface area contributed by atoms with E-state index < -0.39 is 19.8 Å². The first-order valence-electron chi connectivity index (χ1n) is 3.83. The van der Waals surface area contributed by atoms with Crippen molar-refractivity contribution in [3.05, 3.63) is 30.3 Å². The van der Waals surface area contributed by atoms with E-state index in [0.717, 1.165) is 0 Å².